The van der Waals surface area contributed by atoms with Gasteiger partial charge in [-0.2, -0.15) is 0 Å². The first-order chi connectivity index (χ1) is 14.0. The molecule has 1 fully saturated rings. The van der Waals surface area contributed by atoms with Crippen molar-refractivity contribution in [2.75, 3.05) is 26.2 Å². The monoisotopic (exact) mass is 510 g/mol. The van der Waals surface area contributed by atoms with Crippen LogP contribution in [-0.4, -0.2) is 43.8 Å². The van der Waals surface area contributed by atoms with Gasteiger partial charge in [-0.05, 0) is 35.9 Å². The Morgan fingerprint density at radius 1 is 0.781 bits per heavy atom. The lowest BCUT2D eigenvalue weighted by Gasteiger charge is -2.36. The van der Waals surface area contributed by atoms with Gasteiger partial charge in [0.15, 0.2) is 0 Å². The van der Waals surface area contributed by atoms with Crippen molar-refractivity contribution >= 4 is 24.8 Å². The van der Waals surface area contributed by atoms with E-state index in [1.807, 2.05) is 4.90 Å². The molecule has 180 valence electrons. The van der Waals surface area contributed by atoms with Crippen molar-refractivity contribution in [3.05, 3.63) is 59.4 Å². The number of nitrogens with one attached hydrogen (secondary N) is 1. The number of alkyl halides is 6. The van der Waals surface area contributed by atoms with E-state index in [4.69, 9.17) is 0 Å². The Morgan fingerprint density at radius 3 is 1.81 bits per heavy atom. The lowest BCUT2D eigenvalue weighted by Crippen LogP contribution is -2.45. The summed E-state index contributed by atoms with van der Waals surface area (Å²) in [4.78, 5) is 1.83. The number of hydrogen-bond donors (Lipinski definition) is 1. The van der Waals surface area contributed by atoms with Gasteiger partial charge in [0.25, 0.3) is 0 Å². The summed E-state index contributed by atoms with van der Waals surface area (Å²) in [6, 6.07) is 6.65. The van der Waals surface area contributed by atoms with Crippen LogP contribution >= 0.6 is 24.8 Å². The van der Waals surface area contributed by atoms with Crippen LogP contribution in [-0.2, 0) is 0 Å². The summed E-state index contributed by atoms with van der Waals surface area (Å²) in [6.07, 6.45) is -9.81. The molecule has 1 heterocycles. The maximum atomic E-state index is 14.6. The predicted octanol–water partition coefficient (Wildman–Crippen LogP) is 5.46. The smallest absolute Gasteiger partial charge is 0.406 e. The van der Waals surface area contributed by atoms with Crippen molar-refractivity contribution in [1.82, 2.24) is 10.2 Å². The van der Waals surface area contributed by atoms with E-state index in [0.717, 1.165) is 30.3 Å². The van der Waals surface area contributed by atoms with Crippen LogP contribution in [0, 0.1) is 5.82 Å². The van der Waals surface area contributed by atoms with Crippen LogP contribution in [0.5, 0.6) is 11.5 Å². The molecule has 1 saturated heterocycles. The van der Waals surface area contributed by atoms with Crippen LogP contribution in [0.1, 0.15) is 17.2 Å². The number of nitrogens with zero attached hydrogens (tertiary/aromatic N) is 1. The lowest BCUT2D eigenvalue weighted by molar-refractivity contribution is -0.275. The van der Waals surface area contributed by atoms with Crippen molar-refractivity contribution in [2.24, 2.45) is 0 Å². The number of hydrogen-bond acceptors (Lipinski definition) is 4. The van der Waals surface area contributed by atoms with Gasteiger partial charge in [-0.1, -0.05) is 12.1 Å². The summed E-state index contributed by atoms with van der Waals surface area (Å²) >= 11 is 0. The van der Waals surface area contributed by atoms with Gasteiger partial charge in [-0.25, -0.2) is 4.39 Å². The molecule has 2 aromatic rings. The molecule has 1 N–H and O–H groups in total. The second-order valence-electron chi connectivity index (χ2n) is 6.54. The standard InChI is InChI=1S/C19H17F7N2O2.2ClH/c20-16-6-5-14(30-19(24,25)26)11-15(16)17(28-9-7-27-8-10-28)12-1-3-13(4-2-12)29-18(21,22)23;;/h1-6,11,17,27H,7-10H2;2*1H/t17-;;/m1../s1. The van der Waals surface area contributed by atoms with Gasteiger partial charge in [-0.15, -0.1) is 51.2 Å². The fraction of sp³-hybridized carbons (Fsp3) is 0.368. The molecule has 0 aliphatic carbocycles. The second-order valence-corrected chi connectivity index (χ2v) is 6.54. The van der Waals surface area contributed by atoms with Gasteiger partial charge in [0, 0.05) is 31.7 Å². The van der Waals surface area contributed by atoms with Gasteiger partial charge < -0.3 is 14.8 Å². The van der Waals surface area contributed by atoms with Crippen LogP contribution in [0.2, 0.25) is 0 Å². The molecule has 0 radical (unpaired) electrons. The molecule has 0 saturated carbocycles. The molecule has 2 aromatic carbocycles. The van der Waals surface area contributed by atoms with Crippen LogP contribution in [0.25, 0.3) is 0 Å². The fourth-order valence-electron chi connectivity index (χ4n) is 3.31. The van der Waals surface area contributed by atoms with Crippen LogP contribution in [0.15, 0.2) is 42.5 Å². The summed E-state index contributed by atoms with van der Waals surface area (Å²) in [5.41, 5.74) is 0.317. The largest absolute Gasteiger partial charge is 0.573 e. The van der Waals surface area contributed by atoms with E-state index in [1.165, 1.54) is 12.1 Å². The molecule has 32 heavy (non-hydrogen) atoms. The van der Waals surface area contributed by atoms with E-state index in [0.29, 0.717) is 31.7 Å². The minimum atomic E-state index is -4.95. The van der Waals surface area contributed by atoms with E-state index < -0.39 is 36.1 Å². The van der Waals surface area contributed by atoms with E-state index in [1.54, 1.807) is 0 Å². The Hall–Kier alpha value is -1.95. The molecule has 0 aromatic heterocycles. The van der Waals surface area contributed by atoms with E-state index in [-0.39, 0.29) is 30.4 Å². The predicted molar refractivity (Wildman–Crippen MR) is 107 cm³/mol. The van der Waals surface area contributed by atoms with Crippen molar-refractivity contribution in [2.45, 2.75) is 18.8 Å². The first-order valence-corrected chi connectivity index (χ1v) is 8.87. The van der Waals surface area contributed by atoms with E-state index >= 15 is 0 Å². The zero-order chi connectivity index (χ0) is 21.9. The third-order valence-corrected chi connectivity index (χ3v) is 4.44. The normalized spacial score (nSPS) is 15.8. The molecule has 13 heteroatoms. The average molecular weight is 511 g/mol. The number of piperazine rings is 1. The molecule has 0 spiro atoms. The molecular formula is C19H19Cl2F7N2O2. The minimum Gasteiger partial charge on any atom is -0.406 e. The second kappa shape index (κ2) is 11.3. The number of ether oxygens (including phenoxy) is 2. The highest BCUT2D eigenvalue weighted by Crippen LogP contribution is 2.35. The molecule has 1 aliphatic heterocycles. The van der Waals surface area contributed by atoms with Crippen LogP contribution in [0.4, 0.5) is 30.7 Å². The number of rotatable bonds is 5. The van der Waals surface area contributed by atoms with Crippen molar-refractivity contribution in [3.63, 3.8) is 0 Å². The Morgan fingerprint density at radius 2 is 1.28 bits per heavy atom. The molecule has 1 aliphatic rings. The third kappa shape index (κ3) is 7.88. The SMILES string of the molecule is Cl.Cl.Fc1ccc(OC(F)(F)F)cc1[C@@H](c1ccc(OC(F)(F)F)cc1)N1CCNCC1. The summed E-state index contributed by atoms with van der Waals surface area (Å²) < 4.78 is 97.4. The van der Waals surface area contributed by atoms with Crippen molar-refractivity contribution < 1.29 is 40.2 Å². The zero-order valence-electron chi connectivity index (χ0n) is 16.2. The highest BCUT2D eigenvalue weighted by Gasteiger charge is 2.33. The van der Waals surface area contributed by atoms with Gasteiger partial charge in [0.05, 0.1) is 6.04 Å². The van der Waals surface area contributed by atoms with Crippen molar-refractivity contribution in [3.8, 4) is 11.5 Å². The minimum absolute atomic E-state index is 0. The first-order valence-electron chi connectivity index (χ1n) is 8.87. The number of halogens is 9. The molecule has 0 unspecified atom stereocenters. The molecule has 4 nitrogen and oxygen atoms in total. The van der Waals surface area contributed by atoms with Crippen LogP contribution < -0.4 is 14.8 Å². The van der Waals surface area contributed by atoms with Gasteiger partial charge in [-0.3, -0.25) is 4.90 Å². The van der Waals surface area contributed by atoms with Crippen molar-refractivity contribution in [1.29, 1.82) is 0 Å². The maximum absolute atomic E-state index is 14.6. The summed E-state index contributed by atoms with van der Waals surface area (Å²) in [5.74, 6) is -1.81. The van der Waals surface area contributed by atoms with Crippen LogP contribution in [0.3, 0.4) is 0 Å². The average Bonchev–Trinajstić information content (AvgIpc) is 2.64. The quantitative estimate of drug-likeness (QED) is 0.541. The Bertz CT molecular complexity index is 858. The topological polar surface area (TPSA) is 33.7 Å². The van der Waals surface area contributed by atoms with E-state index in [9.17, 15) is 30.7 Å². The molecule has 0 amide bonds. The molecule has 0 bridgehead atoms. The van der Waals surface area contributed by atoms with Gasteiger partial charge >= 0.3 is 12.7 Å². The molecular weight excluding hydrogens is 492 g/mol. The molecule has 1 atom stereocenters. The van der Waals surface area contributed by atoms with Gasteiger partial charge in [0.1, 0.15) is 17.3 Å². The maximum Gasteiger partial charge on any atom is 0.573 e. The summed E-state index contributed by atoms with van der Waals surface area (Å²) in [5, 5.41) is 3.11. The Kier molecular flexibility index (Phi) is 9.88. The third-order valence-electron chi connectivity index (χ3n) is 4.44. The zero-order valence-corrected chi connectivity index (χ0v) is 17.8. The lowest BCUT2D eigenvalue weighted by atomic mass is 9.95. The Balaban J connectivity index is 0.00000256. The Labute approximate surface area is 191 Å². The summed E-state index contributed by atoms with van der Waals surface area (Å²) in [7, 11) is 0. The van der Waals surface area contributed by atoms with Gasteiger partial charge in [0.2, 0.25) is 0 Å². The van der Waals surface area contributed by atoms with E-state index in [2.05, 4.69) is 14.8 Å². The fourth-order valence-corrected chi connectivity index (χ4v) is 3.31. The highest BCUT2D eigenvalue weighted by molar-refractivity contribution is 5.85. The first kappa shape index (κ1) is 28.1. The molecule has 3 rings (SSSR count). The number of benzene rings is 2. The highest BCUT2D eigenvalue weighted by atomic mass is 35.5. The summed E-state index contributed by atoms with van der Waals surface area (Å²) in [6.45, 7) is 2.03.